The lowest BCUT2D eigenvalue weighted by atomic mass is 9.91. The van der Waals surface area contributed by atoms with E-state index in [4.69, 9.17) is 9.98 Å². The van der Waals surface area contributed by atoms with Crippen LogP contribution in [0, 0.1) is 11.3 Å². The summed E-state index contributed by atoms with van der Waals surface area (Å²) >= 11 is 0. The lowest BCUT2D eigenvalue weighted by Crippen LogP contribution is -2.10. The molecule has 0 amide bonds. The molecule has 3 nitrogen and oxygen atoms in total. The Morgan fingerprint density at radius 2 is 1.00 bits per heavy atom. The van der Waals surface area contributed by atoms with Gasteiger partial charge in [-0.15, -0.1) is 0 Å². The van der Waals surface area contributed by atoms with Gasteiger partial charge in [-0.25, -0.2) is 9.98 Å². The molecule has 6 aromatic carbocycles. The van der Waals surface area contributed by atoms with Crippen LogP contribution in [0.15, 0.2) is 161 Å². The van der Waals surface area contributed by atoms with Crippen LogP contribution >= 0.6 is 0 Å². The second-order valence-corrected chi connectivity index (χ2v) is 11.3. The summed E-state index contributed by atoms with van der Waals surface area (Å²) in [5.74, 6) is 0.733. The summed E-state index contributed by atoms with van der Waals surface area (Å²) in [7, 11) is 0. The zero-order chi connectivity index (χ0) is 30.6. The summed E-state index contributed by atoms with van der Waals surface area (Å²) in [5.41, 5.74) is 11.8. The van der Waals surface area contributed by atoms with E-state index in [2.05, 4.69) is 110 Å². The highest BCUT2D eigenvalue weighted by atomic mass is 14.9. The van der Waals surface area contributed by atoms with E-state index in [1.807, 2.05) is 48.5 Å². The van der Waals surface area contributed by atoms with Crippen molar-refractivity contribution in [1.29, 1.82) is 5.26 Å². The summed E-state index contributed by atoms with van der Waals surface area (Å²) in [6.45, 7) is 2.19. The number of amidine groups is 1. The SMILES string of the molecule is C/C1=C(c2ccc(-c3ccc(-c4ccc(C#N)cc4)c4ccccc34)cc2)/N=C(c2ccccc2)\N=C(\c2ccccc2)CC1. The van der Waals surface area contributed by atoms with Gasteiger partial charge < -0.3 is 0 Å². The maximum atomic E-state index is 9.23. The van der Waals surface area contributed by atoms with Gasteiger partial charge in [-0.1, -0.05) is 133 Å². The first-order chi connectivity index (χ1) is 22.2. The van der Waals surface area contributed by atoms with Crippen molar-refractivity contribution in [3.63, 3.8) is 0 Å². The van der Waals surface area contributed by atoms with Crippen molar-refractivity contribution in [3.05, 3.63) is 173 Å². The van der Waals surface area contributed by atoms with E-state index in [0.717, 1.165) is 63.5 Å². The largest absolute Gasteiger partial charge is 0.232 e. The maximum Gasteiger partial charge on any atom is 0.160 e. The van der Waals surface area contributed by atoms with Gasteiger partial charge in [0.1, 0.15) is 0 Å². The van der Waals surface area contributed by atoms with Crippen LogP contribution in [0.25, 0.3) is 38.7 Å². The topological polar surface area (TPSA) is 48.5 Å². The van der Waals surface area contributed by atoms with Crippen LogP contribution in [-0.2, 0) is 0 Å². The minimum absolute atomic E-state index is 0.665. The number of aliphatic imine (C=N–C) groups is 2. The monoisotopic (exact) mass is 577 g/mol. The first-order valence-electron chi connectivity index (χ1n) is 15.3. The van der Waals surface area contributed by atoms with Crippen molar-refractivity contribution in [2.24, 2.45) is 9.98 Å². The number of nitrogens with zero attached hydrogens (tertiary/aromatic N) is 3. The van der Waals surface area contributed by atoms with Gasteiger partial charge in [-0.3, -0.25) is 0 Å². The lowest BCUT2D eigenvalue weighted by molar-refractivity contribution is 1.00. The fourth-order valence-electron chi connectivity index (χ4n) is 6.04. The van der Waals surface area contributed by atoms with Crippen molar-refractivity contribution < 1.29 is 0 Å². The van der Waals surface area contributed by atoms with E-state index in [-0.39, 0.29) is 0 Å². The third-order valence-corrected chi connectivity index (χ3v) is 8.46. The first-order valence-corrected chi connectivity index (χ1v) is 15.3. The van der Waals surface area contributed by atoms with E-state index in [0.29, 0.717) is 5.56 Å². The molecule has 0 saturated heterocycles. The van der Waals surface area contributed by atoms with Crippen molar-refractivity contribution in [2.45, 2.75) is 19.8 Å². The predicted molar refractivity (Wildman–Crippen MR) is 187 cm³/mol. The Morgan fingerprint density at radius 1 is 0.489 bits per heavy atom. The van der Waals surface area contributed by atoms with Crippen LogP contribution in [0.5, 0.6) is 0 Å². The molecule has 45 heavy (non-hydrogen) atoms. The third kappa shape index (κ3) is 5.75. The van der Waals surface area contributed by atoms with Crippen LogP contribution in [0.4, 0.5) is 0 Å². The second kappa shape index (κ2) is 12.4. The molecule has 1 aliphatic heterocycles. The number of hydrogen-bond acceptors (Lipinski definition) is 3. The molecule has 0 spiro atoms. The standard InChI is InChI=1S/C42H31N3/c1-29-16-27-40(33-10-4-2-5-11-33)44-42(35-12-6-3-7-13-35)45-41(29)34-23-21-32(22-24-34)37-26-25-36(38-14-8-9-15-39(37)38)31-19-17-30(28-43)18-20-31/h2-15,17-26H,16,27H2,1H3/b41-29-,44-40+,45-42-. The Morgan fingerprint density at radius 3 is 1.58 bits per heavy atom. The summed E-state index contributed by atoms with van der Waals surface area (Å²) in [6, 6.07) is 52.4. The van der Waals surface area contributed by atoms with Crippen LogP contribution < -0.4 is 0 Å². The third-order valence-electron chi connectivity index (χ3n) is 8.46. The zero-order valence-electron chi connectivity index (χ0n) is 25.1. The molecule has 1 aliphatic rings. The van der Waals surface area contributed by atoms with Gasteiger partial charge in [0.15, 0.2) is 5.84 Å². The lowest BCUT2D eigenvalue weighted by Gasteiger charge is -2.17. The van der Waals surface area contributed by atoms with Gasteiger partial charge in [0, 0.05) is 11.1 Å². The van der Waals surface area contributed by atoms with Crippen LogP contribution in [0.3, 0.4) is 0 Å². The molecule has 1 heterocycles. The molecule has 0 bridgehead atoms. The number of fused-ring (bicyclic) bond motifs is 1. The van der Waals surface area contributed by atoms with Crippen molar-refractivity contribution in [3.8, 4) is 28.3 Å². The fraction of sp³-hybridized carbons (Fsp3) is 0.0714. The van der Waals surface area contributed by atoms with Gasteiger partial charge >= 0.3 is 0 Å². The molecule has 0 aliphatic carbocycles. The molecule has 0 saturated carbocycles. The van der Waals surface area contributed by atoms with Gasteiger partial charge in [0.05, 0.1) is 23.0 Å². The number of hydrogen-bond donors (Lipinski definition) is 0. The highest BCUT2D eigenvalue weighted by Gasteiger charge is 2.16. The quantitative estimate of drug-likeness (QED) is 0.201. The average Bonchev–Trinajstić information content (AvgIpc) is 3.11. The Labute approximate surface area is 264 Å². The average molecular weight is 578 g/mol. The molecule has 0 unspecified atom stereocenters. The Bertz CT molecular complexity index is 2130. The summed E-state index contributed by atoms with van der Waals surface area (Å²) in [5, 5.41) is 11.6. The molecule has 214 valence electrons. The predicted octanol–water partition coefficient (Wildman–Crippen LogP) is 10.5. The molecular weight excluding hydrogens is 546 g/mol. The van der Waals surface area contributed by atoms with E-state index in [1.165, 1.54) is 21.9 Å². The van der Waals surface area contributed by atoms with E-state index < -0.39 is 0 Å². The van der Waals surface area contributed by atoms with Gasteiger partial charge in [0.25, 0.3) is 0 Å². The molecule has 0 atom stereocenters. The smallest absolute Gasteiger partial charge is 0.160 e. The second-order valence-electron chi connectivity index (χ2n) is 11.3. The highest BCUT2D eigenvalue weighted by molar-refractivity contribution is 6.14. The van der Waals surface area contributed by atoms with Crippen LogP contribution in [0.2, 0.25) is 0 Å². The van der Waals surface area contributed by atoms with E-state index in [1.54, 1.807) is 0 Å². The Kier molecular flexibility index (Phi) is 7.71. The van der Waals surface area contributed by atoms with Crippen molar-refractivity contribution in [1.82, 2.24) is 0 Å². The Balaban J connectivity index is 1.28. The first kappa shape index (κ1) is 28.0. The molecule has 6 aromatic rings. The zero-order valence-corrected chi connectivity index (χ0v) is 25.1. The minimum Gasteiger partial charge on any atom is -0.232 e. The normalized spacial score (nSPS) is 17.3. The maximum absolute atomic E-state index is 9.23. The fourth-order valence-corrected chi connectivity index (χ4v) is 6.04. The molecule has 0 N–H and O–H groups in total. The summed E-state index contributed by atoms with van der Waals surface area (Å²) in [6.07, 6.45) is 1.73. The van der Waals surface area contributed by atoms with Crippen molar-refractivity contribution in [2.75, 3.05) is 0 Å². The number of benzene rings is 6. The molecular formula is C42H31N3. The molecule has 0 aromatic heterocycles. The van der Waals surface area contributed by atoms with Gasteiger partial charge in [0.2, 0.25) is 0 Å². The van der Waals surface area contributed by atoms with Crippen LogP contribution in [-0.4, -0.2) is 11.5 Å². The van der Waals surface area contributed by atoms with E-state index in [9.17, 15) is 5.26 Å². The summed E-state index contributed by atoms with van der Waals surface area (Å²) in [4.78, 5) is 10.4. The minimum atomic E-state index is 0.665. The molecule has 7 rings (SSSR count). The molecule has 3 heteroatoms. The Hall–Kier alpha value is -5.85. The highest BCUT2D eigenvalue weighted by Crippen LogP contribution is 2.37. The van der Waals surface area contributed by atoms with Crippen LogP contribution in [0.1, 0.15) is 42.0 Å². The number of allylic oxidation sites excluding steroid dienone is 1. The van der Waals surface area contributed by atoms with Gasteiger partial charge in [-0.2, -0.15) is 5.26 Å². The molecule has 0 radical (unpaired) electrons. The number of nitriles is 1. The van der Waals surface area contributed by atoms with E-state index >= 15 is 0 Å². The van der Waals surface area contributed by atoms with Crippen molar-refractivity contribution >= 4 is 28.0 Å². The summed E-state index contributed by atoms with van der Waals surface area (Å²) < 4.78 is 0. The number of rotatable bonds is 5. The molecule has 0 fully saturated rings. The van der Waals surface area contributed by atoms with Gasteiger partial charge in [-0.05, 0) is 76.1 Å².